The maximum absolute atomic E-state index is 3.81. The Hall–Kier alpha value is -0.845. The van der Waals surface area contributed by atoms with Crippen LogP contribution in [-0.2, 0) is 5.31 Å². The molecule has 1 aromatic rings. The Morgan fingerprint density at radius 1 is 1.18 bits per heavy atom. The van der Waals surface area contributed by atoms with Gasteiger partial charge in [-0.15, -0.1) is 0 Å². The van der Waals surface area contributed by atoms with Crippen LogP contribution in [0.2, 0.25) is 0 Å². The van der Waals surface area contributed by atoms with Gasteiger partial charge in [-0.2, -0.15) is 0 Å². The molecule has 0 radical (unpaired) electrons. The Morgan fingerprint density at radius 2 is 1.73 bits per heavy atom. The topological polar surface area (TPSA) is 0 Å². The summed E-state index contributed by atoms with van der Waals surface area (Å²) in [4.78, 5) is 0. The molecule has 1 aromatic carbocycles. The van der Waals surface area contributed by atoms with Gasteiger partial charge in [0.15, 0.2) is 0 Å². The molecule has 11 heavy (non-hydrogen) atoms. The summed E-state index contributed by atoms with van der Waals surface area (Å²) in [6.45, 7) is 10.1. The van der Waals surface area contributed by atoms with E-state index < -0.39 is 0 Å². The summed E-state index contributed by atoms with van der Waals surface area (Å²) in [6.07, 6.45) is 0. The van der Waals surface area contributed by atoms with Crippen LogP contribution in [0.1, 0.15) is 19.4 Å². The zero-order valence-corrected chi connectivity index (χ0v) is 7.17. The molecule has 0 amide bonds. The molecular weight excluding hydrogens is 131 g/mol. The van der Waals surface area contributed by atoms with Gasteiger partial charge < -0.3 is 0 Å². The molecular formula is C10H13B. The van der Waals surface area contributed by atoms with Crippen molar-refractivity contribution < 1.29 is 0 Å². The molecule has 0 N–H and O–H groups in total. The van der Waals surface area contributed by atoms with E-state index in [4.69, 9.17) is 0 Å². The van der Waals surface area contributed by atoms with E-state index in [1.807, 2.05) is 13.0 Å². The van der Waals surface area contributed by atoms with Gasteiger partial charge in [-0.25, -0.2) is 0 Å². The zero-order chi connectivity index (χ0) is 8.32. The van der Waals surface area contributed by atoms with Gasteiger partial charge in [0.05, 0.1) is 0 Å². The van der Waals surface area contributed by atoms with Gasteiger partial charge >= 0.3 is 68.4 Å². The fourth-order valence-corrected chi connectivity index (χ4v) is 0.986. The van der Waals surface area contributed by atoms with Crippen LogP contribution in [0.5, 0.6) is 0 Å². The molecule has 1 rings (SSSR count). The van der Waals surface area contributed by atoms with Gasteiger partial charge in [0.2, 0.25) is 0 Å². The first kappa shape index (κ1) is 8.25. The van der Waals surface area contributed by atoms with E-state index in [9.17, 15) is 0 Å². The van der Waals surface area contributed by atoms with Crippen LogP contribution in [0.3, 0.4) is 0 Å². The molecule has 0 bridgehead atoms. The maximum atomic E-state index is 3.81. The molecule has 0 heterocycles. The second-order valence-electron chi connectivity index (χ2n) is 3.29. The molecule has 0 saturated heterocycles. The fourth-order valence-electron chi connectivity index (χ4n) is 0.986. The summed E-state index contributed by atoms with van der Waals surface area (Å²) in [6, 6.07) is 10.4. The van der Waals surface area contributed by atoms with Crippen molar-refractivity contribution in [1.29, 1.82) is 0 Å². The first-order valence-corrected chi connectivity index (χ1v) is 3.86. The minimum absolute atomic E-state index is 0.0985. The summed E-state index contributed by atoms with van der Waals surface area (Å²) >= 11 is 0. The molecule has 56 valence electrons. The van der Waals surface area contributed by atoms with Gasteiger partial charge in [0, 0.05) is 0 Å². The molecule has 0 fully saturated rings. The summed E-state index contributed by atoms with van der Waals surface area (Å²) in [5.74, 6) is 0. The second kappa shape index (κ2) is 3.04. The molecule has 0 aliphatic rings. The first-order valence-electron chi connectivity index (χ1n) is 3.86. The quantitative estimate of drug-likeness (QED) is 0.557. The van der Waals surface area contributed by atoms with Gasteiger partial charge in [-0.1, -0.05) is 0 Å². The van der Waals surface area contributed by atoms with Crippen LogP contribution in [0.25, 0.3) is 0 Å². The van der Waals surface area contributed by atoms with Gasteiger partial charge in [-0.05, 0) is 0 Å². The monoisotopic (exact) mass is 144 g/mol. The second-order valence-corrected chi connectivity index (χ2v) is 3.29. The van der Waals surface area contributed by atoms with Crippen LogP contribution in [0, 0.1) is 0 Å². The normalized spacial score (nSPS) is 10.7. The predicted octanol–water partition coefficient (Wildman–Crippen LogP) is 2.06. The number of hydrogen-bond acceptors (Lipinski definition) is 0. The van der Waals surface area contributed by atoms with E-state index in [0.717, 1.165) is 0 Å². The zero-order valence-electron chi connectivity index (χ0n) is 7.17. The Kier molecular flexibility index (Phi) is 2.28. The van der Waals surface area contributed by atoms with E-state index in [1.165, 1.54) is 5.56 Å². The van der Waals surface area contributed by atoms with Crippen LogP contribution in [0.4, 0.5) is 0 Å². The van der Waals surface area contributed by atoms with E-state index in [0.29, 0.717) is 0 Å². The van der Waals surface area contributed by atoms with Crippen molar-refractivity contribution >= 4 is 13.4 Å². The molecule has 0 aliphatic heterocycles. The molecule has 0 unspecified atom stereocenters. The Morgan fingerprint density at radius 3 is 2.18 bits per heavy atom. The number of rotatable bonds is 2. The van der Waals surface area contributed by atoms with Gasteiger partial charge in [-0.3, -0.25) is 0 Å². The van der Waals surface area contributed by atoms with E-state index in [2.05, 4.69) is 44.6 Å². The molecule has 0 nitrogen and oxygen atoms in total. The SMILES string of the molecule is C=BC(C)(C)c1ccccc1. The average molecular weight is 144 g/mol. The minimum atomic E-state index is 0.0985. The van der Waals surface area contributed by atoms with Crippen molar-refractivity contribution in [1.82, 2.24) is 0 Å². The molecule has 0 saturated carbocycles. The first-order chi connectivity index (χ1) is 5.17. The average Bonchev–Trinajstić information content (AvgIpc) is 2.06. The third kappa shape index (κ3) is 1.80. The third-order valence-electron chi connectivity index (χ3n) is 2.03. The van der Waals surface area contributed by atoms with Crippen molar-refractivity contribution in [3.05, 3.63) is 35.9 Å². The summed E-state index contributed by atoms with van der Waals surface area (Å²) in [5, 5.41) is 0.0985. The Bertz CT molecular complexity index is 236. The van der Waals surface area contributed by atoms with Gasteiger partial charge in [0.25, 0.3) is 0 Å². The van der Waals surface area contributed by atoms with Crippen molar-refractivity contribution in [3.63, 3.8) is 0 Å². The van der Waals surface area contributed by atoms with Crippen molar-refractivity contribution in [2.45, 2.75) is 19.2 Å². The number of benzene rings is 1. The summed E-state index contributed by atoms with van der Waals surface area (Å²) in [5.41, 5.74) is 1.31. The van der Waals surface area contributed by atoms with Crippen molar-refractivity contribution in [3.8, 4) is 0 Å². The Labute approximate surface area is 69.2 Å². The van der Waals surface area contributed by atoms with Crippen LogP contribution < -0.4 is 0 Å². The fraction of sp³-hybridized carbons (Fsp3) is 0.300. The standard InChI is InChI=1S/C10H13B/c1-10(2,11-3)9-7-5-4-6-8-9/h4-8H,3H2,1-2H3. The van der Waals surface area contributed by atoms with E-state index in [1.54, 1.807) is 0 Å². The van der Waals surface area contributed by atoms with E-state index in [-0.39, 0.29) is 5.31 Å². The van der Waals surface area contributed by atoms with Gasteiger partial charge in [0.1, 0.15) is 0 Å². The summed E-state index contributed by atoms with van der Waals surface area (Å²) < 4.78 is 0. The summed E-state index contributed by atoms with van der Waals surface area (Å²) in [7, 11) is 0. The van der Waals surface area contributed by atoms with Crippen LogP contribution in [-0.4, -0.2) is 13.4 Å². The van der Waals surface area contributed by atoms with Crippen LogP contribution >= 0.6 is 0 Å². The molecule has 1 heteroatoms. The molecule has 0 spiro atoms. The molecule has 0 aromatic heterocycles. The van der Waals surface area contributed by atoms with Crippen molar-refractivity contribution in [2.75, 3.05) is 0 Å². The number of hydrogen-bond donors (Lipinski definition) is 0. The predicted molar refractivity (Wildman–Crippen MR) is 52.3 cm³/mol. The van der Waals surface area contributed by atoms with E-state index >= 15 is 0 Å². The molecule has 0 aliphatic carbocycles. The molecule has 0 atom stereocenters. The van der Waals surface area contributed by atoms with Crippen molar-refractivity contribution in [2.24, 2.45) is 0 Å². The van der Waals surface area contributed by atoms with Crippen LogP contribution in [0.15, 0.2) is 30.3 Å². The third-order valence-corrected chi connectivity index (χ3v) is 2.03. The Balaban J connectivity index is 3.02.